The molecule has 4 nitrogen and oxygen atoms in total. The van der Waals surface area contributed by atoms with Crippen molar-refractivity contribution in [1.29, 1.82) is 0 Å². The van der Waals surface area contributed by atoms with E-state index < -0.39 is 0 Å². The molecular formula is C16H19N3O. The Hall–Kier alpha value is -1.94. The van der Waals surface area contributed by atoms with Crippen molar-refractivity contribution in [2.45, 2.75) is 12.8 Å². The molecule has 1 aliphatic heterocycles. The molecule has 4 heteroatoms. The van der Waals surface area contributed by atoms with Crippen molar-refractivity contribution in [2.24, 2.45) is 11.7 Å². The van der Waals surface area contributed by atoms with Gasteiger partial charge in [0.25, 0.3) is 0 Å². The number of hydrogen-bond donors (Lipinski definition) is 1. The molecule has 1 aromatic heterocycles. The van der Waals surface area contributed by atoms with Crippen LogP contribution < -0.4 is 5.73 Å². The highest BCUT2D eigenvalue weighted by atomic mass is 16.2. The normalized spacial score (nSPS) is 18.9. The van der Waals surface area contributed by atoms with Crippen molar-refractivity contribution in [3.8, 4) is 0 Å². The monoisotopic (exact) mass is 269 g/mol. The highest BCUT2D eigenvalue weighted by molar-refractivity contribution is 5.79. The zero-order valence-electron chi connectivity index (χ0n) is 11.5. The van der Waals surface area contributed by atoms with Crippen LogP contribution in [-0.4, -0.2) is 35.4 Å². The minimum atomic E-state index is 0.223. The number of benzene rings is 1. The van der Waals surface area contributed by atoms with E-state index in [1.807, 2.05) is 29.2 Å². The van der Waals surface area contributed by atoms with Gasteiger partial charge in [0.2, 0.25) is 5.91 Å². The molecule has 1 aromatic carbocycles. The van der Waals surface area contributed by atoms with E-state index in [-0.39, 0.29) is 5.91 Å². The Bertz CT molecular complexity index is 626. The maximum atomic E-state index is 11.8. The van der Waals surface area contributed by atoms with Gasteiger partial charge in [-0.15, -0.1) is 0 Å². The van der Waals surface area contributed by atoms with Crippen LogP contribution in [0.5, 0.6) is 0 Å². The number of hydrogen-bond acceptors (Lipinski definition) is 3. The second kappa shape index (κ2) is 5.59. The molecular weight excluding hydrogens is 250 g/mol. The molecule has 1 saturated heterocycles. The Morgan fingerprint density at radius 1 is 1.25 bits per heavy atom. The molecule has 1 atom stereocenters. The standard InChI is InChI=1S/C16H19N3O/c17-10-12-9-16(20)19(11-12)8-7-14-6-5-13-3-1-2-4-15(13)18-14/h1-6,12H,7-11,17H2. The number of rotatable bonds is 4. The van der Waals surface area contributed by atoms with Crippen LogP contribution in [0, 0.1) is 5.92 Å². The molecule has 2 aromatic rings. The Balaban J connectivity index is 1.66. The summed E-state index contributed by atoms with van der Waals surface area (Å²) in [6.07, 6.45) is 1.40. The van der Waals surface area contributed by atoms with E-state index in [9.17, 15) is 4.79 Å². The Kier molecular flexibility index (Phi) is 3.65. The molecule has 1 amide bonds. The van der Waals surface area contributed by atoms with Gasteiger partial charge in [0.15, 0.2) is 0 Å². The van der Waals surface area contributed by atoms with Crippen LogP contribution in [0.25, 0.3) is 10.9 Å². The minimum Gasteiger partial charge on any atom is -0.342 e. The fraction of sp³-hybridized carbons (Fsp3) is 0.375. The molecule has 0 saturated carbocycles. The maximum absolute atomic E-state index is 11.8. The van der Waals surface area contributed by atoms with Crippen LogP contribution in [0.4, 0.5) is 0 Å². The van der Waals surface area contributed by atoms with Gasteiger partial charge >= 0.3 is 0 Å². The summed E-state index contributed by atoms with van der Waals surface area (Å²) in [5.74, 6) is 0.549. The molecule has 1 fully saturated rings. The third-order valence-corrected chi connectivity index (χ3v) is 3.92. The molecule has 1 unspecified atom stereocenters. The lowest BCUT2D eigenvalue weighted by atomic mass is 10.1. The first-order valence-corrected chi connectivity index (χ1v) is 7.09. The Morgan fingerprint density at radius 3 is 2.90 bits per heavy atom. The fourth-order valence-corrected chi connectivity index (χ4v) is 2.72. The van der Waals surface area contributed by atoms with E-state index in [2.05, 4.69) is 17.1 Å². The van der Waals surface area contributed by atoms with E-state index >= 15 is 0 Å². The molecule has 20 heavy (non-hydrogen) atoms. The molecule has 2 heterocycles. The van der Waals surface area contributed by atoms with Crippen molar-refractivity contribution in [3.63, 3.8) is 0 Å². The summed E-state index contributed by atoms with van der Waals surface area (Å²) in [6.45, 7) is 2.13. The Morgan fingerprint density at radius 2 is 2.10 bits per heavy atom. The van der Waals surface area contributed by atoms with Crippen LogP contribution in [0.15, 0.2) is 36.4 Å². The molecule has 0 aliphatic carbocycles. The summed E-state index contributed by atoms with van der Waals surface area (Å²) in [5.41, 5.74) is 7.68. The van der Waals surface area contributed by atoms with Gasteiger partial charge in [0.1, 0.15) is 0 Å². The lowest BCUT2D eigenvalue weighted by Crippen LogP contribution is -2.28. The quantitative estimate of drug-likeness (QED) is 0.917. The molecule has 3 rings (SSSR count). The van der Waals surface area contributed by atoms with Gasteiger partial charge in [0.05, 0.1) is 5.52 Å². The number of aromatic nitrogens is 1. The molecule has 1 aliphatic rings. The van der Waals surface area contributed by atoms with Crippen molar-refractivity contribution < 1.29 is 4.79 Å². The average molecular weight is 269 g/mol. The van der Waals surface area contributed by atoms with Crippen LogP contribution >= 0.6 is 0 Å². The van der Waals surface area contributed by atoms with Gasteiger partial charge in [-0.25, -0.2) is 0 Å². The summed E-state index contributed by atoms with van der Waals surface area (Å²) in [4.78, 5) is 18.4. The van der Waals surface area contributed by atoms with Gasteiger partial charge in [-0.05, 0) is 24.6 Å². The first kappa shape index (κ1) is 13.1. The number of amides is 1. The minimum absolute atomic E-state index is 0.223. The number of carbonyl (C=O) groups excluding carboxylic acids is 1. The Labute approximate surface area is 118 Å². The summed E-state index contributed by atoms with van der Waals surface area (Å²) in [5, 5.41) is 1.15. The number of fused-ring (bicyclic) bond motifs is 1. The van der Waals surface area contributed by atoms with Crippen LogP contribution in [0.2, 0.25) is 0 Å². The molecule has 0 bridgehead atoms. The average Bonchev–Trinajstić information content (AvgIpc) is 2.85. The number of pyridine rings is 1. The van der Waals surface area contributed by atoms with Crippen LogP contribution in [-0.2, 0) is 11.2 Å². The highest BCUT2D eigenvalue weighted by Gasteiger charge is 2.27. The van der Waals surface area contributed by atoms with Crippen LogP contribution in [0.3, 0.4) is 0 Å². The van der Waals surface area contributed by atoms with E-state index in [1.54, 1.807) is 0 Å². The molecule has 0 spiro atoms. The smallest absolute Gasteiger partial charge is 0.222 e. The highest BCUT2D eigenvalue weighted by Crippen LogP contribution is 2.17. The van der Waals surface area contributed by atoms with E-state index in [4.69, 9.17) is 5.73 Å². The van der Waals surface area contributed by atoms with Gasteiger partial charge in [-0.1, -0.05) is 24.3 Å². The number of likely N-dealkylation sites (tertiary alicyclic amines) is 1. The van der Waals surface area contributed by atoms with E-state index in [1.165, 1.54) is 0 Å². The third-order valence-electron chi connectivity index (χ3n) is 3.92. The summed E-state index contributed by atoms with van der Waals surface area (Å²) < 4.78 is 0. The first-order valence-electron chi connectivity index (χ1n) is 7.09. The van der Waals surface area contributed by atoms with Gasteiger partial charge in [0, 0.05) is 37.0 Å². The van der Waals surface area contributed by atoms with Gasteiger partial charge in [-0.2, -0.15) is 0 Å². The van der Waals surface area contributed by atoms with Crippen molar-refractivity contribution in [2.75, 3.05) is 19.6 Å². The second-order valence-corrected chi connectivity index (χ2v) is 5.39. The first-order chi connectivity index (χ1) is 9.76. The lowest BCUT2D eigenvalue weighted by Gasteiger charge is -2.16. The number of carbonyl (C=O) groups is 1. The maximum Gasteiger partial charge on any atom is 0.222 e. The number of nitrogens with zero attached hydrogens (tertiary/aromatic N) is 2. The predicted molar refractivity (Wildman–Crippen MR) is 79.2 cm³/mol. The van der Waals surface area contributed by atoms with Gasteiger partial charge < -0.3 is 10.6 Å². The topological polar surface area (TPSA) is 59.2 Å². The summed E-state index contributed by atoms with van der Waals surface area (Å²) in [6, 6.07) is 12.2. The van der Waals surface area contributed by atoms with Gasteiger partial charge in [-0.3, -0.25) is 9.78 Å². The summed E-state index contributed by atoms with van der Waals surface area (Å²) in [7, 11) is 0. The predicted octanol–water partition coefficient (Wildman–Crippen LogP) is 1.58. The number of para-hydroxylation sites is 1. The third kappa shape index (κ3) is 2.65. The fourth-order valence-electron chi connectivity index (χ4n) is 2.72. The molecule has 0 radical (unpaired) electrons. The largest absolute Gasteiger partial charge is 0.342 e. The van der Waals surface area contributed by atoms with E-state index in [0.717, 1.165) is 36.1 Å². The van der Waals surface area contributed by atoms with Crippen molar-refractivity contribution in [1.82, 2.24) is 9.88 Å². The summed E-state index contributed by atoms with van der Waals surface area (Å²) >= 11 is 0. The SMILES string of the molecule is NCC1CC(=O)N(CCc2ccc3ccccc3n2)C1. The second-order valence-electron chi connectivity index (χ2n) is 5.39. The number of nitrogens with two attached hydrogens (primary N) is 1. The zero-order valence-corrected chi connectivity index (χ0v) is 11.5. The zero-order chi connectivity index (χ0) is 13.9. The van der Waals surface area contributed by atoms with Crippen molar-refractivity contribution in [3.05, 3.63) is 42.1 Å². The molecule has 2 N–H and O–H groups in total. The lowest BCUT2D eigenvalue weighted by molar-refractivity contribution is -0.127. The van der Waals surface area contributed by atoms with Crippen molar-refractivity contribution >= 4 is 16.8 Å². The molecule has 104 valence electrons. The van der Waals surface area contributed by atoms with E-state index in [0.29, 0.717) is 18.9 Å². The van der Waals surface area contributed by atoms with Crippen LogP contribution in [0.1, 0.15) is 12.1 Å².